The Morgan fingerprint density at radius 1 is 0.969 bits per heavy atom. The van der Waals surface area contributed by atoms with Gasteiger partial charge in [0.05, 0.1) is 4.90 Å². The van der Waals surface area contributed by atoms with E-state index in [2.05, 4.69) is 21.9 Å². The van der Waals surface area contributed by atoms with Crippen molar-refractivity contribution in [2.24, 2.45) is 0 Å². The van der Waals surface area contributed by atoms with Crippen molar-refractivity contribution < 1.29 is 18.0 Å². The van der Waals surface area contributed by atoms with Crippen molar-refractivity contribution in [3.05, 3.63) is 65.2 Å². The zero-order valence-corrected chi connectivity index (χ0v) is 19.5. The Kier molecular flexibility index (Phi) is 8.17. The molecule has 1 amide bonds. The Balaban J connectivity index is 1.53. The van der Waals surface area contributed by atoms with Crippen LogP contribution in [0.1, 0.15) is 59.4 Å². The van der Waals surface area contributed by atoms with E-state index in [4.69, 9.17) is 0 Å². The maximum absolute atomic E-state index is 12.5. The van der Waals surface area contributed by atoms with Crippen molar-refractivity contribution in [3.63, 3.8) is 0 Å². The monoisotopic (exact) mass is 457 g/mol. The minimum absolute atomic E-state index is 0.0991. The Bertz CT molecular complexity index is 1030. The van der Waals surface area contributed by atoms with Gasteiger partial charge in [-0.3, -0.25) is 14.5 Å². The molecule has 1 fully saturated rings. The van der Waals surface area contributed by atoms with Gasteiger partial charge in [0.25, 0.3) is 5.91 Å². The molecule has 7 nitrogen and oxygen atoms in total. The van der Waals surface area contributed by atoms with E-state index >= 15 is 0 Å². The molecule has 0 aromatic heterocycles. The maximum atomic E-state index is 12.5. The number of Topliss-reactive ketones (excluding diaryl/α,β-unsaturated/α-hetero) is 1. The summed E-state index contributed by atoms with van der Waals surface area (Å²) in [6.45, 7) is 6.49. The molecule has 2 aromatic rings. The van der Waals surface area contributed by atoms with Gasteiger partial charge in [-0.1, -0.05) is 31.2 Å². The minimum atomic E-state index is -3.70. The van der Waals surface area contributed by atoms with Crippen molar-refractivity contribution in [2.45, 2.75) is 50.6 Å². The van der Waals surface area contributed by atoms with Gasteiger partial charge in [-0.2, -0.15) is 0 Å². The van der Waals surface area contributed by atoms with Crippen molar-refractivity contribution in [2.75, 3.05) is 19.6 Å². The number of nitrogens with zero attached hydrogens (tertiary/aromatic N) is 1. The lowest BCUT2D eigenvalue weighted by Gasteiger charge is -2.26. The van der Waals surface area contributed by atoms with Crippen LogP contribution in [0.5, 0.6) is 0 Å². The number of amides is 1. The number of benzene rings is 2. The highest BCUT2D eigenvalue weighted by molar-refractivity contribution is 7.89. The second kappa shape index (κ2) is 10.8. The Hall–Kier alpha value is -2.55. The summed E-state index contributed by atoms with van der Waals surface area (Å²) >= 11 is 0. The van der Waals surface area contributed by atoms with E-state index in [1.807, 2.05) is 0 Å². The molecule has 2 aromatic carbocycles. The van der Waals surface area contributed by atoms with Crippen LogP contribution in [-0.2, 0) is 16.6 Å². The molecule has 0 radical (unpaired) electrons. The molecule has 1 heterocycles. The highest BCUT2D eigenvalue weighted by Gasteiger charge is 2.21. The molecule has 0 spiro atoms. The van der Waals surface area contributed by atoms with E-state index in [-0.39, 0.29) is 23.1 Å². The van der Waals surface area contributed by atoms with Crippen LogP contribution >= 0.6 is 0 Å². The van der Waals surface area contributed by atoms with E-state index in [0.717, 1.165) is 25.1 Å². The molecular formula is C24H31N3O4S. The van der Waals surface area contributed by atoms with E-state index < -0.39 is 10.0 Å². The molecule has 8 heteroatoms. The van der Waals surface area contributed by atoms with Gasteiger partial charge in [0.2, 0.25) is 10.0 Å². The minimum Gasteiger partial charge on any atom is -0.350 e. The second-order valence-corrected chi connectivity index (χ2v) is 9.88. The number of rotatable bonds is 10. The van der Waals surface area contributed by atoms with Crippen LogP contribution in [0.15, 0.2) is 53.4 Å². The van der Waals surface area contributed by atoms with Gasteiger partial charge in [0.1, 0.15) is 0 Å². The first-order valence-corrected chi connectivity index (χ1v) is 12.5. The van der Waals surface area contributed by atoms with E-state index in [1.165, 1.54) is 44.0 Å². The fourth-order valence-electron chi connectivity index (χ4n) is 3.86. The number of carbonyl (C=O) groups excluding carboxylic acids is 2. The number of nitrogens with one attached hydrogen (secondary N) is 2. The lowest BCUT2D eigenvalue weighted by molar-refractivity contribution is 0.0936. The molecule has 32 heavy (non-hydrogen) atoms. The molecule has 0 saturated carbocycles. The maximum Gasteiger partial charge on any atom is 0.251 e. The highest BCUT2D eigenvalue weighted by Crippen LogP contribution is 2.14. The van der Waals surface area contributed by atoms with E-state index in [0.29, 0.717) is 23.7 Å². The molecule has 2 N–H and O–H groups in total. The largest absolute Gasteiger partial charge is 0.350 e. The smallest absolute Gasteiger partial charge is 0.251 e. The standard InChI is InChI=1S/C24H31N3O4S/c1-3-22(27-14-4-5-15-27)17-25-24(29)21-8-6-19(7-9-21)16-26-32(30,31)23-12-10-20(11-13-23)18(2)28/h6-13,22,26H,3-5,14-17H2,1-2H3,(H,25,29). The van der Waals surface area contributed by atoms with Crippen LogP contribution in [-0.4, -0.2) is 50.7 Å². The fraction of sp³-hybridized carbons (Fsp3) is 0.417. The van der Waals surface area contributed by atoms with Crippen molar-refractivity contribution >= 4 is 21.7 Å². The molecule has 1 atom stereocenters. The van der Waals surface area contributed by atoms with Crippen LogP contribution < -0.4 is 10.0 Å². The third-order valence-corrected chi connectivity index (χ3v) is 7.30. The van der Waals surface area contributed by atoms with Crippen LogP contribution in [0, 0.1) is 0 Å². The van der Waals surface area contributed by atoms with Crippen LogP contribution in [0.2, 0.25) is 0 Å². The SMILES string of the molecule is CCC(CNC(=O)c1ccc(CNS(=O)(=O)c2ccc(C(C)=O)cc2)cc1)N1CCCC1. The third kappa shape index (κ3) is 6.25. The van der Waals surface area contributed by atoms with E-state index in [9.17, 15) is 18.0 Å². The molecule has 1 aliphatic rings. The van der Waals surface area contributed by atoms with Crippen molar-refractivity contribution in [1.82, 2.24) is 14.9 Å². The quantitative estimate of drug-likeness (QED) is 0.535. The van der Waals surface area contributed by atoms with E-state index in [1.54, 1.807) is 24.3 Å². The highest BCUT2D eigenvalue weighted by atomic mass is 32.2. The molecule has 1 unspecified atom stereocenters. The van der Waals surface area contributed by atoms with Gasteiger partial charge < -0.3 is 5.32 Å². The zero-order valence-electron chi connectivity index (χ0n) is 18.6. The normalized spacial score (nSPS) is 15.4. The lowest BCUT2D eigenvalue weighted by atomic mass is 10.1. The van der Waals surface area contributed by atoms with Crippen molar-refractivity contribution in [3.8, 4) is 0 Å². The first kappa shape index (κ1) is 24.1. The number of carbonyl (C=O) groups is 2. The summed E-state index contributed by atoms with van der Waals surface area (Å²) in [5.74, 6) is -0.243. The van der Waals surface area contributed by atoms with Gasteiger partial charge in [0, 0.05) is 30.3 Å². The number of hydrogen-bond acceptors (Lipinski definition) is 5. The molecule has 3 rings (SSSR count). The van der Waals surface area contributed by atoms with Crippen LogP contribution in [0.4, 0.5) is 0 Å². The summed E-state index contributed by atoms with van der Waals surface area (Å²) in [5.41, 5.74) is 1.75. The third-order valence-electron chi connectivity index (χ3n) is 5.88. The summed E-state index contributed by atoms with van der Waals surface area (Å²) in [7, 11) is -3.70. The number of sulfonamides is 1. The van der Waals surface area contributed by atoms with Crippen LogP contribution in [0.25, 0.3) is 0 Å². The number of ketones is 1. The zero-order chi connectivity index (χ0) is 23.1. The summed E-state index contributed by atoms with van der Waals surface area (Å²) < 4.78 is 27.5. The average Bonchev–Trinajstić information content (AvgIpc) is 3.33. The first-order valence-electron chi connectivity index (χ1n) is 11.0. The summed E-state index contributed by atoms with van der Waals surface area (Å²) in [6.07, 6.45) is 3.44. The lowest BCUT2D eigenvalue weighted by Crippen LogP contribution is -2.42. The Morgan fingerprint density at radius 3 is 2.12 bits per heavy atom. The Labute approximate surface area is 190 Å². The van der Waals surface area contributed by atoms with Gasteiger partial charge >= 0.3 is 0 Å². The predicted octanol–water partition coefficient (Wildman–Crippen LogP) is 2.97. The molecule has 0 aliphatic carbocycles. The summed E-state index contributed by atoms with van der Waals surface area (Å²) in [6, 6.07) is 13.1. The molecule has 0 bridgehead atoms. The van der Waals surface area contributed by atoms with Gasteiger partial charge in [0.15, 0.2) is 5.78 Å². The molecule has 172 valence electrons. The topological polar surface area (TPSA) is 95.6 Å². The molecular weight excluding hydrogens is 426 g/mol. The summed E-state index contributed by atoms with van der Waals surface area (Å²) in [5, 5.41) is 3.02. The predicted molar refractivity (Wildman–Crippen MR) is 124 cm³/mol. The summed E-state index contributed by atoms with van der Waals surface area (Å²) in [4.78, 5) is 26.4. The fourth-order valence-corrected chi connectivity index (χ4v) is 4.87. The molecule has 1 saturated heterocycles. The first-order chi connectivity index (χ1) is 15.3. The van der Waals surface area contributed by atoms with Gasteiger partial charge in [-0.15, -0.1) is 0 Å². The molecule has 1 aliphatic heterocycles. The van der Waals surface area contributed by atoms with Crippen molar-refractivity contribution in [1.29, 1.82) is 0 Å². The van der Waals surface area contributed by atoms with Gasteiger partial charge in [-0.05, 0) is 69.1 Å². The Morgan fingerprint density at radius 2 is 1.56 bits per heavy atom. The van der Waals surface area contributed by atoms with Crippen LogP contribution in [0.3, 0.4) is 0 Å². The number of likely N-dealkylation sites (tertiary alicyclic amines) is 1. The average molecular weight is 458 g/mol. The second-order valence-electron chi connectivity index (χ2n) is 8.12. The van der Waals surface area contributed by atoms with Gasteiger partial charge in [-0.25, -0.2) is 13.1 Å². The number of hydrogen-bond donors (Lipinski definition) is 2.